The highest BCUT2D eigenvalue weighted by Gasteiger charge is 2.11. The molecule has 0 amide bonds. The van der Waals surface area contributed by atoms with Gasteiger partial charge in [0.1, 0.15) is 12.2 Å². The number of nitrogens with zero attached hydrogens (tertiary/aromatic N) is 4. The van der Waals surface area contributed by atoms with Crippen LogP contribution in [0.3, 0.4) is 0 Å². The van der Waals surface area contributed by atoms with E-state index in [0.717, 1.165) is 11.4 Å². The summed E-state index contributed by atoms with van der Waals surface area (Å²) in [6.45, 7) is 1.77. The number of ether oxygens (including phenoxy) is 1. The average molecular weight is 325 g/mol. The third-order valence-corrected chi connectivity index (χ3v) is 3.63. The third kappa shape index (κ3) is 5.06. The monoisotopic (exact) mass is 324 g/mol. The van der Waals surface area contributed by atoms with Crippen LogP contribution >= 0.6 is 11.6 Å². The van der Waals surface area contributed by atoms with Crippen molar-refractivity contribution in [1.29, 1.82) is 0 Å². The van der Waals surface area contributed by atoms with Crippen molar-refractivity contribution in [1.82, 2.24) is 19.7 Å². The first-order chi connectivity index (χ1) is 10.6. The highest BCUT2D eigenvalue weighted by atomic mass is 35.5. The Morgan fingerprint density at radius 1 is 1.41 bits per heavy atom. The van der Waals surface area contributed by atoms with E-state index in [9.17, 15) is 5.11 Å². The third-order valence-electron chi connectivity index (χ3n) is 3.26. The Hall–Kier alpha value is -1.47. The molecule has 0 saturated carbocycles. The molecule has 1 heterocycles. The van der Waals surface area contributed by atoms with Gasteiger partial charge in [0.15, 0.2) is 0 Å². The van der Waals surface area contributed by atoms with Gasteiger partial charge in [-0.25, -0.2) is 4.98 Å². The molecule has 2 aromatic rings. The van der Waals surface area contributed by atoms with Gasteiger partial charge in [-0.15, -0.1) is 0 Å². The van der Waals surface area contributed by atoms with E-state index in [2.05, 4.69) is 10.1 Å². The summed E-state index contributed by atoms with van der Waals surface area (Å²) in [5.41, 5.74) is 0.920. The van der Waals surface area contributed by atoms with Gasteiger partial charge in [-0.1, -0.05) is 29.8 Å². The maximum atomic E-state index is 10.0. The predicted octanol–water partition coefficient (Wildman–Crippen LogP) is 1.48. The molecule has 7 heteroatoms. The fourth-order valence-electron chi connectivity index (χ4n) is 2.10. The van der Waals surface area contributed by atoms with Crippen molar-refractivity contribution in [3.05, 3.63) is 47.0 Å². The molecular weight excluding hydrogens is 304 g/mol. The van der Waals surface area contributed by atoms with E-state index in [1.165, 1.54) is 6.33 Å². The van der Waals surface area contributed by atoms with E-state index < -0.39 is 6.10 Å². The summed E-state index contributed by atoms with van der Waals surface area (Å²) in [6.07, 6.45) is 0.951. The second kappa shape index (κ2) is 8.24. The lowest BCUT2D eigenvalue weighted by molar-refractivity contribution is 0.0123. The number of rotatable bonds is 8. The Bertz CT molecular complexity index is 590. The first kappa shape index (κ1) is 16.9. The summed E-state index contributed by atoms with van der Waals surface area (Å²) in [5, 5.41) is 14.7. The summed E-state index contributed by atoms with van der Waals surface area (Å²) < 4.78 is 7.25. The molecule has 120 valence electrons. The van der Waals surface area contributed by atoms with Gasteiger partial charge in [-0.3, -0.25) is 9.58 Å². The molecule has 1 unspecified atom stereocenters. The lowest BCUT2D eigenvalue weighted by Gasteiger charge is -2.20. The molecule has 1 aromatic carbocycles. The van der Waals surface area contributed by atoms with Crippen molar-refractivity contribution >= 4 is 11.6 Å². The lowest BCUT2D eigenvalue weighted by atomic mass is 10.2. The molecule has 1 atom stereocenters. The maximum absolute atomic E-state index is 10.0. The largest absolute Gasteiger partial charge is 0.389 e. The number of likely N-dealkylation sites (N-methyl/N-ethyl adjacent to an activating group) is 1. The summed E-state index contributed by atoms with van der Waals surface area (Å²) in [5.74, 6) is 0.853. The summed E-state index contributed by atoms with van der Waals surface area (Å²) in [4.78, 5) is 6.14. The topological polar surface area (TPSA) is 63.4 Å². The van der Waals surface area contributed by atoms with Crippen molar-refractivity contribution in [3.63, 3.8) is 0 Å². The van der Waals surface area contributed by atoms with Gasteiger partial charge in [-0.05, 0) is 18.7 Å². The number of aliphatic hydroxyl groups is 1. The Kier molecular flexibility index (Phi) is 6.33. The minimum absolute atomic E-state index is 0.258. The number of aromatic nitrogens is 3. The molecule has 0 fully saturated rings. The van der Waals surface area contributed by atoms with E-state index in [-0.39, 0.29) is 6.61 Å². The molecule has 1 N–H and O–H groups in total. The van der Waals surface area contributed by atoms with Gasteiger partial charge in [0.2, 0.25) is 0 Å². The van der Waals surface area contributed by atoms with Crippen LogP contribution in [0.25, 0.3) is 0 Å². The molecule has 2 rings (SSSR count). The Morgan fingerprint density at radius 2 is 2.18 bits per heavy atom. The highest BCUT2D eigenvalue weighted by Crippen LogP contribution is 2.15. The smallest absolute Gasteiger partial charge is 0.140 e. The van der Waals surface area contributed by atoms with E-state index in [1.54, 1.807) is 4.68 Å². The van der Waals surface area contributed by atoms with Crippen LogP contribution in [0.5, 0.6) is 0 Å². The maximum Gasteiger partial charge on any atom is 0.140 e. The number of hydrogen-bond donors (Lipinski definition) is 1. The zero-order valence-corrected chi connectivity index (χ0v) is 13.6. The molecule has 0 bridgehead atoms. The number of aryl methyl sites for hydroxylation is 1. The first-order valence-corrected chi connectivity index (χ1v) is 7.44. The van der Waals surface area contributed by atoms with Crippen molar-refractivity contribution in [2.24, 2.45) is 7.05 Å². The molecule has 0 spiro atoms. The quantitative estimate of drug-likeness (QED) is 0.797. The Balaban J connectivity index is 1.70. The second-order valence-electron chi connectivity index (χ2n) is 5.26. The van der Waals surface area contributed by atoms with Gasteiger partial charge in [-0.2, -0.15) is 5.10 Å². The van der Waals surface area contributed by atoms with Gasteiger partial charge < -0.3 is 9.84 Å². The molecule has 0 radical (unpaired) electrons. The van der Waals surface area contributed by atoms with Gasteiger partial charge in [0.05, 0.1) is 25.9 Å². The van der Waals surface area contributed by atoms with Crippen molar-refractivity contribution in [2.45, 2.75) is 19.3 Å². The number of benzene rings is 1. The van der Waals surface area contributed by atoms with Crippen LogP contribution in [0.2, 0.25) is 5.02 Å². The van der Waals surface area contributed by atoms with Crippen molar-refractivity contribution in [3.8, 4) is 0 Å². The summed E-state index contributed by atoms with van der Waals surface area (Å²) >= 11 is 6.05. The fourth-order valence-corrected chi connectivity index (χ4v) is 2.29. The van der Waals surface area contributed by atoms with Gasteiger partial charge in [0, 0.05) is 18.6 Å². The van der Waals surface area contributed by atoms with Crippen molar-refractivity contribution < 1.29 is 9.84 Å². The van der Waals surface area contributed by atoms with Crippen LogP contribution in [0, 0.1) is 0 Å². The van der Waals surface area contributed by atoms with Gasteiger partial charge in [0.25, 0.3) is 0 Å². The van der Waals surface area contributed by atoms with E-state index in [1.807, 2.05) is 43.3 Å². The summed E-state index contributed by atoms with van der Waals surface area (Å²) in [7, 11) is 3.77. The van der Waals surface area contributed by atoms with Crippen LogP contribution in [0.15, 0.2) is 30.6 Å². The van der Waals surface area contributed by atoms with Crippen LogP contribution in [-0.4, -0.2) is 51.1 Å². The number of halogens is 1. The lowest BCUT2D eigenvalue weighted by Crippen LogP contribution is -2.32. The van der Waals surface area contributed by atoms with Crippen LogP contribution in [-0.2, 0) is 24.9 Å². The molecule has 0 aliphatic carbocycles. The van der Waals surface area contributed by atoms with Crippen molar-refractivity contribution in [2.75, 3.05) is 20.2 Å². The first-order valence-electron chi connectivity index (χ1n) is 7.07. The fraction of sp³-hybridized carbons (Fsp3) is 0.467. The molecule has 0 aliphatic rings. The van der Waals surface area contributed by atoms with E-state index in [4.69, 9.17) is 16.3 Å². The zero-order valence-electron chi connectivity index (χ0n) is 12.8. The zero-order chi connectivity index (χ0) is 15.9. The molecule has 22 heavy (non-hydrogen) atoms. The van der Waals surface area contributed by atoms with Gasteiger partial charge >= 0.3 is 0 Å². The average Bonchev–Trinajstić information content (AvgIpc) is 2.86. The minimum Gasteiger partial charge on any atom is -0.389 e. The summed E-state index contributed by atoms with van der Waals surface area (Å²) in [6, 6.07) is 7.53. The minimum atomic E-state index is -0.569. The highest BCUT2D eigenvalue weighted by molar-refractivity contribution is 6.31. The number of aliphatic hydroxyl groups excluding tert-OH is 1. The van der Waals surface area contributed by atoms with Crippen LogP contribution < -0.4 is 0 Å². The molecule has 0 saturated heterocycles. The molecule has 1 aromatic heterocycles. The van der Waals surface area contributed by atoms with E-state index in [0.29, 0.717) is 24.7 Å². The number of hydrogen-bond acceptors (Lipinski definition) is 5. The molecule has 6 nitrogen and oxygen atoms in total. The van der Waals surface area contributed by atoms with Crippen LogP contribution in [0.4, 0.5) is 0 Å². The van der Waals surface area contributed by atoms with Crippen LogP contribution in [0.1, 0.15) is 11.4 Å². The molecule has 0 aliphatic heterocycles. The predicted molar refractivity (Wildman–Crippen MR) is 84.5 cm³/mol. The SMILES string of the molecule is CN(Cc1ncnn1C)CC(O)COCc1ccccc1Cl. The Labute approximate surface area is 135 Å². The second-order valence-corrected chi connectivity index (χ2v) is 5.66. The normalized spacial score (nSPS) is 12.8. The Morgan fingerprint density at radius 3 is 2.86 bits per heavy atom. The standard InChI is InChI=1S/C15H21ClN4O2/c1-19(8-15-17-11-18-20(15)2)7-13(21)10-22-9-12-5-3-4-6-14(12)16/h3-6,11,13,21H,7-10H2,1-2H3. The van der Waals surface area contributed by atoms with E-state index >= 15 is 0 Å². The molecular formula is C15H21ClN4O2.